The predicted octanol–water partition coefficient (Wildman–Crippen LogP) is 2.23. The molecule has 2 N–H and O–H groups in total. The Balaban J connectivity index is 3.28. The van der Waals surface area contributed by atoms with Gasteiger partial charge in [0.15, 0.2) is 0 Å². The fourth-order valence-electron chi connectivity index (χ4n) is 1.09. The molecule has 3 heteroatoms. The molecule has 0 aliphatic heterocycles. The van der Waals surface area contributed by atoms with Crippen LogP contribution in [0.15, 0.2) is 6.07 Å². The molecule has 1 rings (SSSR count). The van der Waals surface area contributed by atoms with Gasteiger partial charge in [-0.05, 0) is 24.5 Å². The van der Waals surface area contributed by atoms with Crippen LogP contribution in [0.1, 0.15) is 31.0 Å². The van der Waals surface area contributed by atoms with Gasteiger partial charge in [0.2, 0.25) is 0 Å². The number of nitrogen functional groups attached to an aromatic ring is 1. The molecule has 12 heavy (non-hydrogen) atoms. The summed E-state index contributed by atoms with van der Waals surface area (Å²) in [5.41, 5.74) is 6.50. The van der Waals surface area contributed by atoms with Gasteiger partial charge in [0.1, 0.15) is 11.6 Å². The fraction of sp³-hybridized carbons (Fsp3) is 0.444. The Bertz CT molecular complexity index is 295. The van der Waals surface area contributed by atoms with Crippen LogP contribution < -0.4 is 5.73 Å². The Morgan fingerprint density at radius 2 is 2.08 bits per heavy atom. The molecule has 0 spiro atoms. The first-order chi connectivity index (χ1) is 5.52. The van der Waals surface area contributed by atoms with Crippen molar-refractivity contribution in [2.24, 2.45) is 0 Å². The number of halogens is 1. The van der Waals surface area contributed by atoms with Gasteiger partial charge < -0.3 is 5.73 Å². The molecule has 0 saturated carbocycles. The summed E-state index contributed by atoms with van der Waals surface area (Å²) in [5, 5.41) is 0. The van der Waals surface area contributed by atoms with Crippen molar-refractivity contribution in [3.63, 3.8) is 0 Å². The number of nitrogens with zero attached hydrogens (tertiary/aromatic N) is 1. The summed E-state index contributed by atoms with van der Waals surface area (Å²) in [6, 6.07) is 1.54. The van der Waals surface area contributed by atoms with E-state index in [-0.39, 0.29) is 11.7 Å². The minimum Gasteiger partial charge on any atom is -0.384 e. The molecule has 1 aromatic rings. The van der Waals surface area contributed by atoms with E-state index in [1.165, 1.54) is 0 Å². The quantitative estimate of drug-likeness (QED) is 0.698. The average molecular weight is 168 g/mol. The highest BCUT2D eigenvalue weighted by atomic mass is 19.1. The van der Waals surface area contributed by atoms with E-state index in [2.05, 4.69) is 4.98 Å². The van der Waals surface area contributed by atoms with Gasteiger partial charge in [0.25, 0.3) is 0 Å². The summed E-state index contributed by atoms with van der Waals surface area (Å²) >= 11 is 0. The van der Waals surface area contributed by atoms with Crippen molar-refractivity contribution < 1.29 is 4.39 Å². The smallest absolute Gasteiger partial charge is 0.148 e. The van der Waals surface area contributed by atoms with Gasteiger partial charge in [-0.1, -0.05) is 13.8 Å². The van der Waals surface area contributed by atoms with Crippen LogP contribution >= 0.6 is 0 Å². The Morgan fingerprint density at radius 1 is 1.50 bits per heavy atom. The molecular formula is C9H13FN2. The lowest BCUT2D eigenvalue weighted by Crippen LogP contribution is -2.03. The predicted molar refractivity (Wildman–Crippen MR) is 47.4 cm³/mol. The number of pyridine rings is 1. The van der Waals surface area contributed by atoms with Gasteiger partial charge in [-0.3, -0.25) is 0 Å². The van der Waals surface area contributed by atoms with Crippen LogP contribution in [0.5, 0.6) is 0 Å². The monoisotopic (exact) mass is 168 g/mol. The van der Waals surface area contributed by atoms with Crippen molar-refractivity contribution in [3.8, 4) is 0 Å². The lowest BCUT2D eigenvalue weighted by atomic mass is 10.1. The Morgan fingerprint density at radius 3 is 2.58 bits per heavy atom. The summed E-state index contributed by atoms with van der Waals surface area (Å²) in [6.45, 7) is 5.48. The molecule has 1 heterocycles. The van der Waals surface area contributed by atoms with Crippen molar-refractivity contribution in [1.29, 1.82) is 0 Å². The van der Waals surface area contributed by atoms with Crippen LogP contribution in [0.3, 0.4) is 0 Å². The van der Waals surface area contributed by atoms with E-state index in [0.717, 1.165) is 0 Å². The standard InChI is InChI=1S/C9H13FN2/c1-5(2)9-8(10)6(3)4-7(11)12-9/h4-5H,1-3H3,(H2,11,12). The molecule has 1 aromatic heterocycles. The summed E-state index contributed by atoms with van der Waals surface area (Å²) in [7, 11) is 0. The molecule has 0 saturated heterocycles. The number of rotatable bonds is 1. The number of hydrogen-bond donors (Lipinski definition) is 1. The van der Waals surface area contributed by atoms with Crippen molar-refractivity contribution >= 4 is 5.82 Å². The highest BCUT2D eigenvalue weighted by molar-refractivity contribution is 5.36. The lowest BCUT2D eigenvalue weighted by Gasteiger charge is -2.08. The molecule has 0 aliphatic rings. The van der Waals surface area contributed by atoms with Crippen LogP contribution in [0.2, 0.25) is 0 Å². The average Bonchev–Trinajstić information content (AvgIpc) is 1.96. The number of anilines is 1. The minimum atomic E-state index is -0.237. The Kier molecular flexibility index (Phi) is 2.31. The van der Waals surface area contributed by atoms with E-state index < -0.39 is 0 Å². The summed E-state index contributed by atoms with van der Waals surface area (Å²) < 4.78 is 13.3. The molecule has 0 radical (unpaired) electrons. The third-order valence-corrected chi connectivity index (χ3v) is 1.73. The third-order valence-electron chi connectivity index (χ3n) is 1.73. The van der Waals surface area contributed by atoms with E-state index >= 15 is 0 Å². The maximum Gasteiger partial charge on any atom is 0.148 e. The Labute approximate surface area is 71.6 Å². The van der Waals surface area contributed by atoms with E-state index in [9.17, 15) is 4.39 Å². The molecule has 0 amide bonds. The van der Waals surface area contributed by atoms with Crippen molar-refractivity contribution in [3.05, 3.63) is 23.1 Å². The normalized spacial score (nSPS) is 10.8. The number of aryl methyl sites for hydroxylation is 1. The second kappa shape index (κ2) is 3.09. The number of nitrogens with two attached hydrogens (primary N) is 1. The van der Waals surface area contributed by atoms with Crippen LogP contribution in [0.4, 0.5) is 10.2 Å². The van der Waals surface area contributed by atoms with Gasteiger partial charge in [-0.15, -0.1) is 0 Å². The molecule has 0 fully saturated rings. The first-order valence-corrected chi connectivity index (χ1v) is 3.95. The Hall–Kier alpha value is -1.12. The first kappa shape index (κ1) is 8.97. The lowest BCUT2D eigenvalue weighted by molar-refractivity contribution is 0.577. The fourth-order valence-corrected chi connectivity index (χ4v) is 1.09. The zero-order chi connectivity index (χ0) is 9.30. The van der Waals surface area contributed by atoms with E-state index in [1.54, 1.807) is 13.0 Å². The molecule has 2 nitrogen and oxygen atoms in total. The van der Waals surface area contributed by atoms with Crippen molar-refractivity contribution in [2.45, 2.75) is 26.7 Å². The van der Waals surface area contributed by atoms with Crippen molar-refractivity contribution in [1.82, 2.24) is 4.98 Å². The van der Waals surface area contributed by atoms with Gasteiger partial charge in [-0.2, -0.15) is 0 Å². The molecule has 0 bridgehead atoms. The second-order valence-corrected chi connectivity index (χ2v) is 3.22. The van der Waals surface area contributed by atoms with Gasteiger partial charge in [-0.25, -0.2) is 9.37 Å². The zero-order valence-corrected chi connectivity index (χ0v) is 7.56. The highest BCUT2D eigenvalue weighted by Gasteiger charge is 2.11. The van der Waals surface area contributed by atoms with Gasteiger partial charge in [0.05, 0.1) is 5.69 Å². The SMILES string of the molecule is Cc1cc(N)nc(C(C)C)c1F. The first-order valence-electron chi connectivity index (χ1n) is 3.95. The third kappa shape index (κ3) is 1.55. The maximum absolute atomic E-state index is 13.3. The molecule has 0 aromatic carbocycles. The molecule has 0 unspecified atom stereocenters. The maximum atomic E-state index is 13.3. The van der Waals surface area contributed by atoms with Crippen LogP contribution in [0, 0.1) is 12.7 Å². The summed E-state index contributed by atoms with van der Waals surface area (Å²) in [4.78, 5) is 3.94. The topological polar surface area (TPSA) is 38.9 Å². The summed E-state index contributed by atoms with van der Waals surface area (Å²) in [6.07, 6.45) is 0. The number of hydrogen-bond acceptors (Lipinski definition) is 2. The van der Waals surface area contributed by atoms with Gasteiger partial charge >= 0.3 is 0 Å². The number of aromatic nitrogens is 1. The van der Waals surface area contributed by atoms with Crippen molar-refractivity contribution in [2.75, 3.05) is 5.73 Å². The summed E-state index contributed by atoms with van der Waals surface area (Å²) in [5.74, 6) is 0.226. The van der Waals surface area contributed by atoms with E-state index in [4.69, 9.17) is 5.73 Å². The van der Waals surface area contributed by atoms with Crippen LogP contribution in [-0.4, -0.2) is 4.98 Å². The molecule has 66 valence electrons. The van der Waals surface area contributed by atoms with Crippen LogP contribution in [0.25, 0.3) is 0 Å². The second-order valence-electron chi connectivity index (χ2n) is 3.22. The van der Waals surface area contributed by atoms with Crippen LogP contribution in [-0.2, 0) is 0 Å². The highest BCUT2D eigenvalue weighted by Crippen LogP contribution is 2.20. The zero-order valence-electron chi connectivity index (χ0n) is 7.56. The minimum absolute atomic E-state index is 0.0761. The molecule has 0 aliphatic carbocycles. The molecular weight excluding hydrogens is 155 g/mol. The van der Waals surface area contributed by atoms with E-state index in [1.807, 2.05) is 13.8 Å². The largest absolute Gasteiger partial charge is 0.384 e. The van der Waals surface area contributed by atoms with Gasteiger partial charge in [0, 0.05) is 0 Å². The van der Waals surface area contributed by atoms with E-state index in [0.29, 0.717) is 17.1 Å². The molecule has 0 atom stereocenters.